The summed E-state index contributed by atoms with van der Waals surface area (Å²) in [6.07, 6.45) is 0.380. The number of halogens is 2. The highest BCUT2D eigenvalue weighted by molar-refractivity contribution is 6.05. The van der Waals surface area contributed by atoms with Crippen molar-refractivity contribution in [2.75, 3.05) is 30.0 Å². The molecule has 3 rings (SSSR count). The third-order valence-corrected chi connectivity index (χ3v) is 4.09. The highest BCUT2D eigenvalue weighted by Crippen LogP contribution is 2.45. The Morgan fingerprint density at radius 1 is 1.52 bits per heavy atom. The number of amides is 2. The molecule has 2 amide bonds. The van der Waals surface area contributed by atoms with E-state index in [0.717, 1.165) is 17.4 Å². The molecular weight excluding hydrogens is 338 g/mol. The second-order valence-electron chi connectivity index (χ2n) is 5.83. The van der Waals surface area contributed by atoms with Crippen LogP contribution >= 0.6 is 0 Å². The van der Waals surface area contributed by atoms with Crippen LogP contribution < -0.4 is 15.2 Å². The predicted molar refractivity (Wildman–Crippen MR) is 84.3 cm³/mol. The summed E-state index contributed by atoms with van der Waals surface area (Å²) in [7, 11) is 1.27. The second-order valence-corrected chi connectivity index (χ2v) is 5.83. The van der Waals surface area contributed by atoms with E-state index in [-0.39, 0.29) is 30.4 Å². The largest absolute Gasteiger partial charge is 0.594 e. The van der Waals surface area contributed by atoms with Crippen LogP contribution in [0.3, 0.4) is 0 Å². The van der Waals surface area contributed by atoms with Crippen LogP contribution in [-0.2, 0) is 20.2 Å². The van der Waals surface area contributed by atoms with Gasteiger partial charge < -0.3 is 20.2 Å². The molecule has 1 aromatic carbocycles. The van der Waals surface area contributed by atoms with E-state index in [0.29, 0.717) is 4.85 Å². The highest BCUT2D eigenvalue weighted by atomic mass is 19.3. The predicted octanol–water partition coefficient (Wildman–Crippen LogP) is 0.550. The Bertz CT molecular complexity index is 768. The first-order valence-corrected chi connectivity index (χ1v) is 7.49. The van der Waals surface area contributed by atoms with Gasteiger partial charge in [-0.15, -0.1) is 5.01 Å². The van der Waals surface area contributed by atoms with Crippen molar-refractivity contribution in [1.82, 2.24) is 5.32 Å². The third kappa shape index (κ3) is 2.83. The zero-order valence-electron chi connectivity index (χ0n) is 13.5. The highest BCUT2D eigenvalue weighted by Gasteiger charge is 2.52. The maximum atomic E-state index is 14.1. The lowest BCUT2D eigenvalue weighted by Crippen LogP contribution is -2.48. The summed E-state index contributed by atoms with van der Waals surface area (Å²) < 4.78 is 33.4. The maximum Gasteiger partial charge on any atom is 0.365 e. The fraction of sp³-hybridized carbons (Fsp3) is 0.400. The number of likely N-dealkylation sites (N-methyl/N-ethyl adjacent to an activating group) is 1. The SMILES string of the molecule is CC(=O)NC[C@H]1CN(c2ccc3c(c2)C(F)(F)C(=O)N3C)[N+]([O-])=CO1. The molecule has 2 heterocycles. The van der Waals surface area contributed by atoms with Crippen LogP contribution in [0.4, 0.5) is 20.2 Å². The lowest BCUT2D eigenvalue weighted by molar-refractivity contribution is -0.487. The van der Waals surface area contributed by atoms with E-state index in [1.54, 1.807) is 0 Å². The summed E-state index contributed by atoms with van der Waals surface area (Å²) in [6, 6.07) is 3.97. The molecule has 1 aromatic rings. The molecule has 8 nitrogen and oxygen atoms in total. The lowest BCUT2D eigenvalue weighted by Gasteiger charge is -2.29. The van der Waals surface area contributed by atoms with Gasteiger partial charge in [0.15, 0.2) is 0 Å². The van der Waals surface area contributed by atoms with Gasteiger partial charge in [-0.25, -0.2) is 0 Å². The first-order chi connectivity index (χ1) is 11.7. The van der Waals surface area contributed by atoms with Gasteiger partial charge in [-0.1, -0.05) is 0 Å². The molecule has 10 heteroatoms. The number of hydrogen-bond acceptors (Lipinski definition) is 5. The number of carbonyl (C=O) groups is 2. The van der Waals surface area contributed by atoms with Crippen LogP contribution in [0, 0.1) is 5.21 Å². The molecule has 0 saturated heterocycles. The number of nitrogens with zero attached hydrogens (tertiary/aromatic N) is 3. The molecule has 25 heavy (non-hydrogen) atoms. The van der Waals surface area contributed by atoms with E-state index in [2.05, 4.69) is 5.32 Å². The van der Waals surface area contributed by atoms with Crippen LogP contribution in [0.25, 0.3) is 0 Å². The normalized spacial score (nSPS) is 21.5. The van der Waals surface area contributed by atoms with Gasteiger partial charge in [0, 0.05) is 14.0 Å². The second kappa shape index (κ2) is 5.87. The van der Waals surface area contributed by atoms with E-state index >= 15 is 0 Å². The van der Waals surface area contributed by atoms with E-state index in [1.165, 1.54) is 31.1 Å². The van der Waals surface area contributed by atoms with Gasteiger partial charge in [0.25, 0.3) is 0 Å². The maximum absolute atomic E-state index is 14.1. The van der Waals surface area contributed by atoms with Crippen molar-refractivity contribution in [3.8, 4) is 0 Å². The number of nitrogens with one attached hydrogen (secondary N) is 1. The van der Waals surface area contributed by atoms with Crippen molar-refractivity contribution >= 4 is 29.6 Å². The van der Waals surface area contributed by atoms with Crippen molar-refractivity contribution in [3.63, 3.8) is 0 Å². The lowest BCUT2D eigenvalue weighted by atomic mass is 10.1. The number of carbonyl (C=O) groups excluding carboxylic acids is 2. The molecule has 1 N–H and O–H groups in total. The van der Waals surface area contributed by atoms with Crippen LogP contribution in [-0.4, -0.2) is 49.3 Å². The smallest absolute Gasteiger partial charge is 0.365 e. The van der Waals surface area contributed by atoms with Crippen LogP contribution in [0.2, 0.25) is 0 Å². The molecular formula is C15H16F2N4O4. The number of anilines is 2. The minimum atomic E-state index is -3.64. The number of ether oxygens (including phenoxy) is 1. The van der Waals surface area contributed by atoms with E-state index < -0.39 is 23.5 Å². The standard InChI is InChI=1S/C15H16F2N4O4/c1-9(22)18-6-11-7-20(21(24)8-25-11)10-3-4-13-12(5-10)15(16,17)14(23)19(13)2/h3-5,8,11H,6-7H2,1-2H3,(H,18,22)/t11-/m0/s1. The van der Waals surface area contributed by atoms with Crippen molar-refractivity contribution in [2.24, 2.45) is 0 Å². The summed E-state index contributed by atoms with van der Waals surface area (Å²) in [6.45, 7) is 1.56. The molecule has 0 fully saturated rings. The number of alkyl halides is 2. The monoisotopic (exact) mass is 354 g/mol. The van der Waals surface area contributed by atoms with E-state index in [4.69, 9.17) is 4.74 Å². The van der Waals surface area contributed by atoms with Gasteiger partial charge >= 0.3 is 18.2 Å². The number of hydrazone groups is 1. The summed E-state index contributed by atoms with van der Waals surface area (Å²) in [5, 5.41) is 15.7. The van der Waals surface area contributed by atoms with Gasteiger partial charge in [0.2, 0.25) is 5.91 Å². The first-order valence-electron chi connectivity index (χ1n) is 7.49. The Labute approximate surface area is 141 Å². The Balaban J connectivity index is 1.88. The molecule has 0 aliphatic carbocycles. The topological polar surface area (TPSA) is 88.0 Å². The third-order valence-electron chi connectivity index (χ3n) is 4.09. The van der Waals surface area contributed by atoms with Gasteiger partial charge in [-0.05, 0) is 23.0 Å². The van der Waals surface area contributed by atoms with Crippen molar-refractivity contribution in [1.29, 1.82) is 0 Å². The Kier molecular flexibility index (Phi) is 3.97. The quantitative estimate of drug-likeness (QED) is 0.633. The number of fused-ring (bicyclic) bond motifs is 1. The molecule has 1 atom stereocenters. The zero-order chi connectivity index (χ0) is 18.4. The zero-order valence-corrected chi connectivity index (χ0v) is 13.5. The van der Waals surface area contributed by atoms with E-state index in [9.17, 15) is 23.6 Å². The molecule has 0 spiro atoms. The molecule has 0 aromatic heterocycles. The fourth-order valence-electron chi connectivity index (χ4n) is 2.76. The molecule has 0 unspecified atom stereocenters. The minimum absolute atomic E-state index is 0.0500. The van der Waals surface area contributed by atoms with Crippen LogP contribution in [0.15, 0.2) is 18.2 Å². The first kappa shape index (κ1) is 16.9. The van der Waals surface area contributed by atoms with Gasteiger partial charge in [0.1, 0.15) is 18.3 Å². The number of benzene rings is 1. The van der Waals surface area contributed by atoms with Crippen LogP contribution in [0.1, 0.15) is 12.5 Å². The average molecular weight is 354 g/mol. The summed E-state index contributed by atoms with van der Waals surface area (Å²) in [5.74, 6) is -5.20. The van der Waals surface area contributed by atoms with Crippen LogP contribution in [0.5, 0.6) is 0 Å². The van der Waals surface area contributed by atoms with Crippen molar-refractivity contribution in [3.05, 3.63) is 29.0 Å². The molecule has 2 aliphatic heterocycles. The van der Waals surface area contributed by atoms with Gasteiger partial charge in [-0.2, -0.15) is 8.78 Å². The van der Waals surface area contributed by atoms with E-state index in [1.807, 2.05) is 0 Å². The summed E-state index contributed by atoms with van der Waals surface area (Å²) in [5.41, 5.74) is -0.150. The number of hydrazine groups is 1. The Hall–Kier alpha value is -2.91. The average Bonchev–Trinajstić information content (AvgIpc) is 2.74. The Morgan fingerprint density at radius 2 is 2.24 bits per heavy atom. The summed E-state index contributed by atoms with van der Waals surface area (Å²) in [4.78, 5) is 23.9. The van der Waals surface area contributed by atoms with Crippen molar-refractivity contribution < 1.29 is 28.0 Å². The molecule has 2 aliphatic rings. The fourth-order valence-corrected chi connectivity index (χ4v) is 2.76. The van der Waals surface area contributed by atoms with Crippen molar-refractivity contribution in [2.45, 2.75) is 19.0 Å². The van der Waals surface area contributed by atoms with Gasteiger partial charge in [0.05, 0.1) is 17.8 Å². The molecule has 0 radical (unpaired) electrons. The molecule has 0 bridgehead atoms. The summed E-state index contributed by atoms with van der Waals surface area (Å²) >= 11 is 0. The van der Waals surface area contributed by atoms with Gasteiger partial charge in [-0.3, -0.25) is 9.59 Å². The molecule has 0 saturated carbocycles. The number of rotatable bonds is 3. The minimum Gasteiger partial charge on any atom is -0.594 e. The number of hydrogen-bond donors (Lipinski definition) is 1. The molecule has 134 valence electrons. The Morgan fingerprint density at radius 3 is 2.92 bits per heavy atom.